The maximum atomic E-state index is 12.7. The molecule has 1 amide bonds. The first-order valence-electron chi connectivity index (χ1n) is 9.07. The number of rotatable bonds is 5. The Morgan fingerprint density at radius 1 is 1.26 bits per heavy atom. The van der Waals surface area contributed by atoms with Gasteiger partial charge in [-0.25, -0.2) is 0 Å². The number of hydrogen-bond donors (Lipinski definition) is 3. The molecule has 0 bridgehead atoms. The molecule has 1 aliphatic heterocycles. The third-order valence-corrected chi connectivity index (χ3v) is 5.59. The molecule has 4 nitrogen and oxygen atoms in total. The summed E-state index contributed by atoms with van der Waals surface area (Å²) in [7, 11) is 0. The van der Waals surface area contributed by atoms with Crippen LogP contribution in [0.5, 0.6) is 0 Å². The molecule has 2 unspecified atom stereocenters. The van der Waals surface area contributed by atoms with Gasteiger partial charge >= 0.3 is 0 Å². The molecule has 1 fully saturated rings. The van der Waals surface area contributed by atoms with Crippen molar-refractivity contribution in [2.24, 2.45) is 0 Å². The topological polar surface area (TPSA) is 52.6 Å². The fourth-order valence-electron chi connectivity index (χ4n) is 3.65. The minimum atomic E-state index is -1.38. The highest BCUT2D eigenvalue weighted by atomic mass is 35.5. The van der Waals surface area contributed by atoms with Gasteiger partial charge < -0.3 is 10.0 Å². The van der Waals surface area contributed by atoms with E-state index in [9.17, 15) is 9.90 Å². The van der Waals surface area contributed by atoms with Crippen LogP contribution < -0.4 is 4.72 Å². The molecule has 1 heterocycles. The van der Waals surface area contributed by atoms with E-state index in [4.69, 9.17) is 11.6 Å². The summed E-state index contributed by atoms with van der Waals surface area (Å²) in [6, 6.07) is 16.1. The molecule has 0 spiro atoms. The first-order valence-corrected chi connectivity index (χ1v) is 9.90. The van der Waals surface area contributed by atoms with Gasteiger partial charge in [-0.05, 0) is 55.5 Å². The molecule has 0 aromatic heterocycles. The SMILES string of the molecule is CC(C)(O)C(=O)N1CCC(NS)C1Cc1cccc(-c2cccc(Cl)c2)c1. The van der Waals surface area contributed by atoms with E-state index in [0.29, 0.717) is 18.0 Å². The van der Waals surface area contributed by atoms with Gasteiger partial charge in [-0.15, -0.1) is 0 Å². The predicted molar refractivity (Wildman–Crippen MR) is 113 cm³/mol. The molecule has 3 rings (SSSR count). The fourth-order valence-corrected chi connectivity index (χ4v) is 4.14. The summed E-state index contributed by atoms with van der Waals surface area (Å²) < 4.78 is 3.03. The summed E-state index contributed by atoms with van der Waals surface area (Å²) in [6.07, 6.45) is 1.50. The van der Waals surface area contributed by atoms with E-state index in [-0.39, 0.29) is 18.0 Å². The van der Waals surface area contributed by atoms with Crippen molar-refractivity contribution in [2.45, 2.75) is 44.4 Å². The zero-order valence-electron chi connectivity index (χ0n) is 15.5. The van der Waals surface area contributed by atoms with Crippen LogP contribution >= 0.6 is 24.4 Å². The fraction of sp³-hybridized carbons (Fsp3) is 0.381. The van der Waals surface area contributed by atoms with Crippen molar-refractivity contribution in [3.8, 4) is 11.1 Å². The molecule has 0 saturated carbocycles. The van der Waals surface area contributed by atoms with E-state index in [0.717, 1.165) is 23.1 Å². The summed E-state index contributed by atoms with van der Waals surface area (Å²) in [6.45, 7) is 3.68. The molecule has 2 aromatic carbocycles. The monoisotopic (exact) mass is 404 g/mol. The molecule has 1 saturated heterocycles. The highest BCUT2D eigenvalue weighted by Gasteiger charge is 2.41. The van der Waals surface area contributed by atoms with E-state index < -0.39 is 5.60 Å². The Morgan fingerprint density at radius 2 is 1.93 bits per heavy atom. The lowest BCUT2D eigenvalue weighted by atomic mass is 9.96. The predicted octanol–water partition coefficient (Wildman–Crippen LogP) is 3.72. The lowest BCUT2D eigenvalue weighted by Crippen LogP contribution is -2.51. The normalized spacial score (nSPS) is 20.1. The molecule has 1 aliphatic rings. The summed E-state index contributed by atoms with van der Waals surface area (Å²) in [4.78, 5) is 14.4. The van der Waals surface area contributed by atoms with Crippen LogP contribution in [0.3, 0.4) is 0 Å². The van der Waals surface area contributed by atoms with E-state index in [1.165, 1.54) is 13.8 Å². The van der Waals surface area contributed by atoms with Gasteiger partial charge in [0.15, 0.2) is 0 Å². The third kappa shape index (κ3) is 4.66. The van der Waals surface area contributed by atoms with Gasteiger partial charge in [-0.3, -0.25) is 9.52 Å². The maximum absolute atomic E-state index is 12.7. The van der Waals surface area contributed by atoms with Gasteiger partial charge in [-0.1, -0.05) is 60.8 Å². The molecule has 2 N–H and O–H groups in total. The molecule has 2 aromatic rings. The van der Waals surface area contributed by atoms with Gasteiger partial charge in [0.2, 0.25) is 0 Å². The number of likely N-dealkylation sites (tertiary alicyclic amines) is 1. The first-order chi connectivity index (χ1) is 12.8. The number of nitrogens with one attached hydrogen (secondary N) is 1. The smallest absolute Gasteiger partial charge is 0.254 e. The number of thiol groups is 1. The number of amides is 1. The summed E-state index contributed by atoms with van der Waals surface area (Å²) in [5.41, 5.74) is 1.89. The standard InChI is InChI=1S/C21H25ClN2O2S/c1-21(2,26)20(25)24-10-9-18(23-27)19(24)12-14-5-3-6-15(11-14)16-7-4-8-17(22)13-16/h3-8,11,13,18-19,23,26-27H,9-10,12H2,1-2H3. The van der Waals surface area contributed by atoms with Gasteiger partial charge in [0.05, 0.1) is 6.04 Å². The molecule has 2 atom stereocenters. The molecular formula is C21H25ClN2O2S. The van der Waals surface area contributed by atoms with Crippen LogP contribution in [0.2, 0.25) is 5.02 Å². The molecule has 27 heavy (non-hydrogen) atoms. The van der Waals surface area contributed by atoms with Gasteiger partial charge in [0, 0.05) is 17.6 Å². The van der Waals surface area contributed by atoms with Crippen molar-refractivity contribution in [2.75, 3.05) is 6.54 Å². The highest BCUT2D eigenvalue weighted by Crippen LogP contribution is 2.28. The minimum absolute atomic E-state index is 0.0592. The average molecular weight is 405 g/mol. The van der Waals surface area contributed by atoms with E-state index in [1.54, 1.807) is 4.90 Å². The van der Waals surface area contributed by atoms with Crippen LogP contribution in [0.4, 0.5) is 0 Å². The van der Waals surface area contributed by atoms with Crippen molar-refractivity contribution < 1.29 is 9.90 Å². The highest BCUT2D eigenvalue weighted by molar-refractivity contribution is 7.78. The Balaban J connectivity index is 1.86. The average Bonchev–Trinajstić information content (AvgIpc) is 3.03. The molecule has 6 heteroatoms. The van der Waals surface area contributed by atoms with Gasteiger partial charge in [0.25, 0.3) is 5.91 Å². The van der Waals surface area contributed by atoms with Crippen molar-refractivity contribution in [3.63, 3.8) is 0 Å². The second kappa shape index (κ2) is 8.23. The second-order valence-corrected chi connectivity index (χ2v) is 8.26. The number of carbonyl (C=O) groups is 1. The lowest BCUT2D eigenvalue weighted by molar-refractivity contribution is -0.148. The lowest BCUT2D eigenvalue weighted by Gasteiger charge is -2.32. The van der Waals surface area contributed by atoms with Crippen LogP contribution in [0, 0.1) is 0 Å². The Hall–Kier alpha value is -1.53. The largest absolute Gasteiger partial charge is 0.381 e. The zero-order valence-corrected chi connectivity index (χ0v) is 17.2. The number of hydrogen-bond acceptors (Lipinski definition) is 4. The van der Waals surface area contributed by atoms with Crippen LogP contribution in [-0.2, 0) is 11.2 Å². The van der Waals surface area contributed by atoms with Crippen molar-refractivity contribution in [1.29, 1.82) is 0 Å². The first kappa shape index (κ1) is 20.2. The van der Waals surface area contributed by atoms with E-state index in [2.05, 4.69) is 35.7 Å². The number of carbonyl (C=O) groups excluding carboxylic acids is 1. The van der Waals surface area contributed by atoms with Gasteiger partial charge in [0.1, 0.15) is 5.60 Å². The molecule has 0 radical (unpaired) electrons. The van der Waals surface area contributed by atoms with E-state index in [1.807, 2.05) is 30.3 Å². The number of halogens is 1. The van der Waals surface area contributed by atoms with Crippen molar-refractivity contribution >= 4 is 30.3 Å². The van der Waals surface area contributed by atoms with Gasteiger partial charge in [-0.2, -0.15) is 0 Å². The van der Waals surface area contributed by atoms with Crippen LogP contribution in [-0.4, -0.2) is 40.1 Å². The maximum Gasteiger partial charge on any atom is 0.254 e. The molecule has 0 aliphatic carbocycles. The Bertz CT molecular complexity index is 822. The summed E-state index contributed by atoms with van der Waals surface area (Å²) >= 11 is 10.4. The summed E-state index contributed by atoms with van der Waals surface area (Å²) in [5, 5.41) is 10.9. The second-order valence-electron chi connectivity index (χ2n) is 7.56. The minimum Gasteiger partial charge on any atom is -0.381 e. The molecule has 144 valence electrons. The number of benzene rings is 2. The third-order valence-electron chi connectivity index (χ3n) is 5.03. The quantitative estimate of drug-likeness (QED) is 0.665. The number of aliphatic hydroxyl groups is 1. The van der Waals surface area contributed by atoms with Crippen molar-refractivity contribution in [3.05, 3.63) is 59.1 Å². The Morgan fingerprint density at radius 3 is 2.56 bits per heavy atom. The summed E-state index contributed by atoms with van der Waals surface area (Å²) in [5.74, 6) is -0.246. The number of nitrogens with zero attached hydrogens (tertiary/aromatic N) is 1. The Kier molecular flexibility index (Phi) is 6.16. The van der Waals surface area contributed by atoms with Crippen LogP contribution in [0.25, 0.3) is 11.1 Å². The molecular weight excluding hydrogens is 380 g/mol. The van der Waals surface area contributed by atoms with E-state index >= 15 is 0 Å². The van der Waals surface area contributed by atoms with Crippen LogP contribution in [0.1, 0.15) is 25.8 Å². The zero-order chi connectivity index (χ0) is 19.6. The van der Waals surface area contributed by atoms with Crippen molar-refractivity contribution in [1.82, 2.24) is 9.62 Å². The Labute approximate surface area is 171 Å². The van der Waals surface area contributed by atoms with Crippen LogP contribution in [0.15, 0.2) is 48.5 Å².